The number of hydrogen-bond donors (Lipinski definition) is 0. The van der Waals surface area contributed by atoms with Crippen LogP contribution in [0.1, 0.15) is 36.7 Å². The molecule has 0 spiro atoms. The number of hydrogen-bond acceptors (Lipinski definition) is 4. The number of para-hydroxylation sites is 1. The van der Waals surface area contributed by atoms with Crippen LogP contribution in [-0.4, -0.2) is 62.3 Å². The molecule has 2 amide bonds. The van der Waals surface area contributed by atoms with E-state index in [1.54, 1.807) is 15.8 Å². The maximum absolute atomic E-state index is 13.0. The first-order chi connectivity index (χ1) is 12.7. The molecule has 4 heterocycles. The summed E-state index contributed by atoms with van der Waals surface area (Å²) < 4.78 is 1.61. The van der Waals surface area contributed by atoms with Crippen LogP contribution in [0.15, 0.2) is 36.5 Å². The highest BCUT2D eigenvalue weighted by Gasteiger charge is 2.41. The Bertz CT molecular complexity index is 803. The second kappa shape index (κ2) is 6.90. The van der Waals surface area contributed by atoms with Gasteiger partial charge < -0.3 is 9.80 Å². The Morgan fingerprint density at radius 3 is 2.77 bits per heavy atom. The number of piperidine rings is 1. The van der Waals surface area contributed by atoms with Gasteiger partial charge in [0.15, 0.2) is 5.69 Å². The number of rotatable bonds is 4. The van der Waals surface area contributed by atoms with Gasteiger partial charge in [0.2, 0.25) is 5.91 Å². The van der Waals surface area contributed by atoms with Gasteiger partial charge in [0, 0.05) is 25.7 Å². The molecule has 0 radical (unpaired) electrons. The van der Waals surface area contributed by atoms with Crippen molar-refractivity contribution in [2.45, 2.75) is 32.2 Å². The molecule has 2 bridgehead atoms. The minimum Gasteiger partial charge on any atom is -0.338 e. The molecule has 3 aliphatic heterocycles. The van der Waals surface area contributed by atoms with Gasteiger partial charge in [0.25, 0.3) is 5.91 Å². The summed E-state index contributed by atoms with van der Waals surface area (Å²) in [4.78, 5) is 29.4. The molecule has 136 valence electrons. The molecule has 1 aromatic carbocycles. The summed E-state index contributed by atoms with van der Waals surface area (Å²) in [5.74, 6) is -0.0324. The summed E-state index contributed by atoms with van der Waals surface area (Å²) in [5.41, 5.74) is 1.18. The van der Waals surface area contributed by atoms with Crippen molar-refractivity contribution in [1.29, 1.82) is 0 Å². The van der Waals surface area contributed by atoms with Gasteiger partial charge in [0.05, 0.1) is 17.8 Å². The first-order valence-electron chi connectivity index (χ1n) is 9.25. The molecule has 0 unspecified atom stereocenters. The van der Waals surface area contributed by atoms with Gasteiger partial charge in [-0.25, -0.2) is 4.68 Å². The average Bonchev–Trinajstić information content (AvgIpc) is 3.01. The van der Waals surface area contributed by atoms with Crippen LogP contribution in [0.4, 0.5) is 0 Å². The largest absolute Gasteiger partial charge is 0.338 e. The molecule has 0 N–H and O–H groups in total. The third kappa shape index (κ3) is 2.98. The Kier molecular flexibility index (Phi) is 4.44. The fourth-order valence-electron chi connectivity index (χ4n) is 3.97. The van der Waals surface area contributed by atoms with Crippen molar-refractivity contribution in [3.63, 3.8) is 0 Å². The van der Waals surface area contributed by atoms with Crippen LogP contribution in [0.2, 0.25) is 0 Å². The van der Waals surface area contributed by atoms with E-state index >= 15 is 0 Å². The average molecular weight is 353 g/mol. The van der Waals surface area contributed by atoms with Crippen molar-refractivity contribution in [2.24, 2.45) is 5.92 Å². The number of carbonyl (C=O) groups excluding carboxylic acids is 2. The molecule has 1 aromatic heterocycles. The Labute approximate surface area is 152 Å². The topological polar surface area (TPSA) is 71.3 Å². The smallest absolute Gasteiger partial charge is 0.276 e. The van der Waals surface area contributed by atoms with Crippen LogP contribution in [0, 0.1) is 5.92 Å². The third-order valence-corrected chi connectivity index (χ3v) is 5.28. The highest BCUT2D eigenvalue weighted by atomic mass is 16.2. The van der Waals surface area contributed by atoms with Gasteiger partial charge >= 0.3 is 0 Å². The lowest BCUT2D eigenvalue weighted by Gasteiger charge is -2.35. The normalized spacial score (nSPS) is 22.6. The zero-order valence-electron chi connectivity index (χ0n) is 14.9. The fourth-order valence-corrected chi connectivity index (χ4v) is 3.97. The first kappa shape index (κ1) is 16.8. The molecular weight excluding hydrogens is 330 g/mol. The van der Waals surface area contributed by atoms with Crippen molar-refractivity contribution in [3.8, 4) is 5.69 Å². The Morgan fingerprint density at radius 1 is 1.19 bits per heavy atom. The van der Waals surface area contributed by atoms with Gasteiger partial charge in [-0.15, -0.1) is 5.10 Å². The van der Waals surface area contributed by atoms with Crippen molar-refractivity contribution in [3.05, 3.63) is 42.2 Å². The fraction of sp³-hybridized carbons (Fsp3) is 0.474. The maximum atomic E-state index is 13.0. The number of nitrogens with zero attached hydrogens (tertiary/aromatic N) is 5. The molecule has 0 aliphatic carbocycles. The van der Waals surface area contributed by atoms with Gasteiger partial charge in [-0.3, -0.25) is 9.59 Å². The van der Waals surface area contributed by atoms with Crippen molar-refractivity contribution in [1.82, 2.24) is 24.8 Å². The summed E-state index contributed by atoms with van der Waals surface area (Å²) in [5, 5.41) is 8.15. The van der Waals surface area contributed by atoms with E-state index in [0.29, 0.717) is 18.8 Å². The summed E-state index contributed by atoms with van der Waals surface area (Å²) in [7, 11) is 0. The second-order valence-corrected chi connectivity index (χ2v) is 7.05. The maximum Gasteiger partial charge on any atom is 0.276 e. The summed E-state index contributed by atoms with van der Waals surface area (Å²) in [6, 6.07) is 9.71. The van der Waals surface area contributed by atoms with E-state index in [9.17, 15) is 9.59 Å². The summed E-state index contributed by atoms with van der Waals surface area (Å²) in [6.07, 6.45) is 4.44. The Hall–Kier alpha value is -2.70. The molecule has 26 heavy (non-hydrogen) atoms. The van der Waals surface area contributed by atoms with Crippen LogP contribution in [-0.2, 0) is 4.79 Å². The van der Waals surface area contributed by atoms with E-state index in [1.807, 2.05) is 35.2 Å². The minimum absolute atomic E-state index is 0.0894. The number of amides is 2. The highest BCUT2D eigenvalue weighted by molar-refractivity contribution is 5.93. The lowest BCUT2D eigenvalue weighted by atomic mass is 9.94. The number of aromatic nitrogens is 3. The SMILES string of the molecule is CCCN1C(=O)[C@@H]2CC[C@H]1CN(C(=O)c1cn(-c3ccccc3)nn1)C2. The van der Waals surface area contributed by atoms with Crippen LogP contribution >= 0.6 is 0 Å². The molecule has 2 atom stereocenters. The van der Waals surface area contributed by atoms with E-state index in [1.165, 1.54) is 0 Å². The van der Waals surface area contributed by atoms with Gasteiger partial charge in [-0.05, 0) is 31.4 Å². The monoisotopic (exact) mass is 353 g/mol. The van der Waals surface area contributed by atoms with Crippen LogP contribution in [0.5, 0.6) is 0 Å². The molecule has 2 aromatic rings. The highest BCUT2D eigenvalue weighted by Crippen LogP contribution is 2.29. The van der Waals surface area contributed by atoms with Crippen LogP contribution in [0.3, 0.4) is 0 Å². The number of fused-ring (bicyclic) bond motifs is 4. The summed E-state index contributed by atoms with van der Waals surface area (Å²) >= 11 is 0. The van der Waals surface area contributed by atoms with Crippen molar-refractivity contribution in [2.75, 3.05) is 19.6 Å². The summed E-state index contributed by atoms with van der Waals surface area (Å²) in [6.45, 7) is 3.91. The molecule has 3 fully saturated rings. The molecule has 7 nitrogen and oxygen atoms in total. The predicted octanol–water partition coefficient (Wildman–Crippen LogP) is 1.74. The minimum atomic E-state index is -0.143. The molecule has 5 rings (SSSR count). The van der Waals surface area contributed by atoms with E-state index in [0.717, 1.165) is 31.5 Å². The van der Waals surface area contributed by atoms with Crippen LogP contribution < -0.4 is 0 Å². The predicted molar refractivity (Wildman–Crippen MR) is 95.8 cm³/mol. The van der Waals surface area contributed by atoms with E-state index in [-0.39, 0.29) is 23.8 Å². The van der Waals surface area contributed by atoms with Crippen LogP contribution in [0.25, 0.3) is 5.69 Å². The molecular formula is C19H23N5O2. The Balaban J connectivity index is 1.54. The molecule has 7 heteroatoms. The Morgan fingerprint density at radius 2 is 2.00 bits per heavy atom. The molecule has 3 aliphatic rings. The van der Waals surface area contributed by atoms with E-state index in [2.05, 4.69) is 17.2 Å². The lowest BCUT2D eigenvalue weighted by molar-refractivity contribution is -0.139. The van der Waals surface area contributed by atoms with E-state index in [4.69, 9.17) is 0 Å². The quantitative estimate of drug-likeness (QED) is 0.839. The standard InChI is InChI=1S/C19H23N5O2/c1-2-10-23-16-9-8-14(18(23)25)11-22(12-16)19(26)17-13-24(21-20-17)15-6-4-3-5-7-15/h3-7,13-14,16H,2,8-12H2,1H3/t14-,16+/m1/s1. The lowest BCUT2D eigenvalue weighted by Crippen LogP contribution is -2.48. The van der Waals surface area contributed by atoms with Gasteiger partial charge in [0.1, 0.15) is 0 Å². The first-order valence-corrected chi connectivity index (χ1v) is 9.25. The van der Waals surface area contributed by atoms with Gasteiger partial charge in [-0.2, -0.15) is 0 Å². The molecule has 0 saturated carbocycles. The third-order valence-electron chi connectivity index (χ3n) is 5.28. The number of carbonyl (C=O) groups is 2. The van der Waals surface area contributed by atoms with Crippen molar-refractivity contribution < 1.29 is 9.59 Å². The zero-order valence-corrected chi connectivity index (χ0v) is 14.9. The molecule has 3 saturated heterocycles. The second-order valence-electron chi connectivity index (χ2n) is 7.05. The van der Waals surface area contributed by atoms with E-state index < -0.39 is 0 Å². The number of benzene rings is 1. The van der Waals surface area contributed by atoms with Gasteiger partial charge in [-0.1, -0.05) is 30.3 Å². The van der Waals surface area contributed by atoms with Crippen molar-refractivity contribution >= 4 is 11.8 Å². The zero-order chi connectivity index (χ0) is 18.1.